The first-order valence-electron chi connectivity index (χ1n) is 5.07. The second kappa shape index (κ2) is 4.83. The maximum Gasteiger partial charge on any atom is 0.00897 e. The molecule has 0 amide bonds. The summed E-state index contributed by atoms with van der Waals surface area (Å²) in [5, 5.41) is 3.38. The predicted molar refractivity (Wildman–Crippen MR) is 53.4 cm³/mol. The third kappa shape index (κ3) is 2.76. The van der Waals surface area contributed by atoms with Crippen molar-refractivity contribution in [3.8, 4) is 0 Å². The highest BCUT2D eigenvalue weighted by Gasteiger charge is 2.18. The van der Waals surface area contributed by atoms with Crippen LogP contribution in [0.15, 0.2) is 0 Å². The molecule has 1 rings (SSSR count). The van der Waals surface area contributed by atoms with Gasteiger partial charge in [-0.25, -0.2) is 0 Å². The van der Waals surface area contributed by atoms with E-state index in [1.54, 1.807) is 0 Å². The summed E-state index contributed by atoms with van der Waals surface area (Å²) in [6.07, 6.45) is 6.83. The molecule has 0 aromatic heterocycles. The largest absolute Gasteiger partial charge is 0.317 e. The quantitative estimate of drug-likeness (QED) is 0.631. The summed E-state index contributed by atoms with van der Waals surface area (Å²) in [6, 6.07) is 1.60. The zero-order valence-electron chi connectivity index (χ0n) is 8.64. The van der Waals surface area contributed by atoms with Crippen LogP contribution < -0.4 is 5.32 Å². The second-order valence-corrected chi connectivity index (χ2v) is 4.11. The lowest BCUT2D eigenvalue weighted by atomic mass is 10.1. The van der Waals surface area contributed by atoms with Crippen molar-refractivity contribution in [3.63, 3.8) is 0 Å². The van der Waals surface area contributed by atoms with E-state index in [0.717, 1.165) is 12.1 Å². The van der Waals surface area contributed by atoms with Crippen LogP contribution in [0.3, 0.4) is 0 Å². The maximum absolute atomic E-state index is 3.38. The SMILES string of the molecule is CNC1CCCC(N(C)C)CC1. The molecule has 12 heavy (non-hydrogen) atoms. The first-order valence-corrected chi connectivity index (χ1v) is 5.07. The molecular weight excluding hydrogens is 148 g/mol. The standard InChI is InChI=1S/C10H22N2/c1-11-9-5-4-6-10(8-7-9)12(2)3/h9-11H,4-8H2,1-3H3. The molecule has 1 fully saturated rings. The molecule has 2 heteroatoms. The van der Waals surface area contributed by atoms with E-state index in [9.17, 15) is 0 Å². The van der Waals surface area contributed by atoms with Gasteiger partial charge in [-0.15, -0.1) is 0 Å². The van der Waals surface area contributed by atoms with Crippen molar-refractivity contribution >= 4 is 0 Å². The van der Waals surface area contributed by atoms with E-state index in [0.29, 0.717) is 0 Å². The van der Waals surface area contributed by atoms with Gasteiger partial charge in [0.05, 0.1) is 0 Å². The molecule has 0 spiro atoms. The van der Waals surface area contributed by atoms with Gasteiger partial charge in [-0.1, -0.05) is 6.42 Å². The van der Waals surface area contributed by atoms with Crippen LogP contribution in [0.4, 0.5) is 0 Å². The fraction of sp³-hybridized carbons (Fsp3) is 1.00. The molecule has 1 N–H and O–H groups in total. The molecule has 2 unspecified atom stereocenters. The number of hydrogen-bond acceptors (Lipinski definition) is 2. The van der Waals surface area contributed by atoms with Crippen LogP contribution in [-0.2, 0) is 0 Å². The van der Waals surface area contributed by atoms with Crippen molar-refractivity contribution in [2.75, 3.05) is 21.1 Å². The average Bonchev–Trinajstić information content (AvgIpc) is 2.28. The van der Waals surface area contributed by atoms with E-state index in [1.165, 1.54) is 32.1 Å². The van der Waals surface area contributed by atoms with Crippen LogP contribution in [0.2, 0.25) is 0 Å². The summed E-state index contributed by atoms with van der Waals surface area (Å²) >= 11 is 0. The lowest BCUT2D eigenvalue weighted by molar-refractivity contribution is 0.266. The van der Waals surface area contributed by atoms with E-state index in [-0.39, 0.29) is 0 Å². The van der Waals surface area contributed by atoms with Gasteiger partial charge in [-0.3, -0.25) is 0 Å². The van der Waals surface area contributed by atoms with E-state index in [1.807, 2.05) is 0 Å². The number of hydrogen-bond donors (Lipinski definition) is 1. The van der Waals surface area contributed by atoms with Crippen molar-refractivity contribution in [2.45, 2.75) is 44.2 Å². The predicted octanol–water partition coefficient (Wildman–Crippen LogP) is 1.47. The molecule has 0 aromatic carbocycles. The van der Waals surface area contributed by atoms with Gasteiger partial charge in [-0.05, 0) is 46.8 Å². The van der Waals surface area contributed by atoms with Gasteiger partial charge in [0.2, 0.25) is 0 Å². The number of rotatable bonds is 2. The molecular formula is C10H22N2. The van der Waals surface area contributed by atoms with Crippen molar-refractivity contribution in [2.24, 2.45) is 0 Å². The molecule has 0 saturated heterocycles. The fourth-order valence-corrected chi connectivity index (χ4v) is 2.09. The third-order valence-electron chi connectivity index (χ3n) is 3.08. The third-order valence-corrected chi connectivity index (χ3v) is 3.08. The van der Waals surface area contributed by atoms with Crippen molar-refractivity contribution in [1.82, 2.24) is 10.2 Å². The van der Waals surface area contributed by atoms with Crippen LogP contribution >= 0.6 is 0 Å². The first-order chi connectivity index (χ1) is 5.74. The molecule has 1 aliphatic rings. The normalized spacial score (nSPS) is 32.0. The van der Waals surface area contributed by atoms with Gasteiger partial charge in [0.25, 0.3) is 0 Å². The Morgan fingerprint density at radius 1 is 1.08 bits per heavy atom. The minimum atomic E-state index is 0.773. The van der Waals surface area contributed by atoms with Crippen molar-refractivity contribution in [1.29, 1.82) is 0 Å². The van der Waals surface area contributed by atoms with Crippen molar-refractivity contribution in [3.05, 3.63) is 0 Å². The van der Waals surface area contributed by atoms with Crippen LogP contribution in [-0.4, -0.2) is 38.1 Å². The van der Waals surface area contributed by atoms with Gasteiger partial charge in [0.1, 0.15) is 0 Å². The van der Waals surface area contributed by atoms with Gasteiger partial charge < -0.3 is 10.2 Å². The number of nitrogens with one attached hydrogen (secondary N) is 1. The molecule has 2 nitrogen and oxygen atoms in total. The molecule has 0 radical (unpaired) electrons. The molecule has 1 saturated carbocycles. The summed E-state index contributed by atoms with van der Waals surface area (Å²) in [5.74, 6) is 0. The molecule has 0 aromatic rings. The van der Waals surface area contributed by atoms with Crippen LogP contribution in [0.25, 0.3) is 0 Å². The number of nitrogens with zero attached hydrogens (tertiary/aromatic N) is 1. The zero-order chi connectivity index (χ0) is 8.97. The Kier molecular flexibility index (Phi) is 4.02. The molecule has 0 aliphatic heterocycles. The fourth-order valence-electron chi connectivity index (χ4n) is 2.09. The summed E-state index contributed by atoms with van der Waals surface area (Å²) in [7, 11) is 6.48. The molecule has 72 valence electrons. The van der Waals surface area contributed by atoms with E-state index >= 15 is 0 Å². The van der Waals surface area contributed by atoms with Gasteiger partial charge in [0.15, 0.2) is 0 Å². The minimum Gasteiger partial charge on any atom is -0.317 e. The Bertz CT molecular complexity index is 123. The summed E-state index contributed by atoms with van der Waals surface area (Å²) in [5.41, 5.74) is 0. The molecule has 0 heterocycles. The van der Waals surface area contributed by atoms with E-state index < -0.39 is 0 Å². The van der Waals surface area contributed by atoms with Gasteiger partial charge >= 0.3 is 0 Å². The highest BCUT2D eigenvalue weighted by molar-refractivity contribution is 4.77. The summed E-state index contributed by atoms with van der Waals surface area (Å²) in [6.45, 7) is 0. The lowest BCUT2D eigenvalue weighted by Gasteiger charge is -2.22. The topological polar surface area (TPSA) is 15.3 Å². The highest BCUT2D eigenvalue weighted by atomic mass is 15.1. The Morgan fingerprint density at radius 3 is 2.42 bits per heavy atom. The van der Waals surface area contributed by atoms with E-state index in [4.69, 9.17) is 0 Å². The zero-order valence-corrected chi connectivity index (χ0v) is 8.64. The van der Waals surface area contributed by atoms with Gasteiger partial charge in [-0.2, -0.15) is 0 Å². The Hall–Kier alpha value is -0.0800. The Balaban J connectivity index is 2.34. The Morgan fingerprint density at radius 2 is 1.83 bits per heavy atom. The monoisotopic (exact) mass is 170 g/mol. The first kappa shape index (κ1) is 10.0. The Labute approximate surface area is 76.3 Å². The average molecular weight is 170 g/mol. The summed E-state index contributed by atoms with van der Waals surface area (Å²) in [4.78, 5) is 2.37. The smallest absolute Gasteiger partial charge is 0.00897 e. The minimum absolute atomic E-state index is 0.773. The van der Waals surface area contributed by atoms with Crippen LogP contribution in [0.5, 0.6) is 0 Å². The lowest BCUT2D eigenvalue weighted by Crippen LogP contribution is -2.28. The highest BCUT2D eigenvalue weighted by Crippen LogP contribution is 2.20. The van der Waals surface area contributed by atoms with Crippen LogP contribution in [0, 0.1) is 0 Å². The second-order valence-electron chi connectivity index (χ2n) is 4.11. The van der Waals surface area contributed by atoms with Crippen molar-refractivity contribution < 1.29 is 0 Å². The van der Waals surface area contributed by atoms with E-state index in [2.05, 4.69) is 31.4 Å². The maximum atomic E-state index is 3.38. The molecule has 2 atom stereocenters. The molecule has 0 bridgehead atoms. The molecule has 1 aliphatic carbocycles. The summed E-state index contributed by atoms with van der Waals surface area (Å²) < 4.78 is 0. The van der Waals surface area contributed by atoms with Crippen LogP contribution in [0.1, 0.15) is 32.1 Å². The van der Waals surface area contributed by atoms with Gasteiger partial charge in [0, 0.05) is 12.1 Å².